The van der Waals surface area contributed by atoms with E-state index in [1.165, 1.54) is 29.0 Å². The van der Waals surface area contributed by atoms with Gasteiger partial charge in [0.1, 0.15) is 0 Å². The lowest BCUT2D eigenvalue weighted by Gasteiger charge is -2.14. The molecule has 0 aliphatic heterocycles. The summed E-state index contributed by atoms with van der Waals surface area (Å²) in [5.41, 5.74) is 1.26. The second kappa shape index (κ2) is 7.46. The Bertz CT molecular complexity index is 595. The number of aromatic nitrogens is 3. The highest BCUT2D eigenvalue weighted by Gasteiger charge is 2.11. The van der Waals surface area contributed by atoms with Crippen molar-refractivity contribution in [3.05, 3.63) is 24.0 Å². The zero-order valence-corrected chi connectivity index (χ0v) is 13.9. The number of rotatable bonds is 6. The first-order valence-electron chi connectivity index (χ1n) is 6.64. The zero-order chi connectivity index (χ0) is 15.2. The lowest BCUT2D eigenvalue weighted by Crippen LogP contribution is -2.36. The molecule has 2 N–H and O–H groups in total. The van der Waals surface area contributed by atoms with Gasteiger partial charge in [-0.05, 0) is 38.2 Å². The second-order valence-electron chi connectivity index (χ2n) is 4.73. The van der Waals surface area contributed by atoms with E-state index in [1.54, 1.807) is 0 Å². The summed E-state index contributed by atoms with van der Waals surface area (Å²) < 4.78 is 6.19. The van der Waals surface area contributed by atoms with Gasteiger partial charge < -0.3 is 9.88 Å². The maximum Gasteiger partial charge on any atom is 0.321 e. The quantitative estimate of drug-likeness (QED) is 0.801. The average Bonchev–Trinajstić information content (AvgIpc) is 3.05. The highest BCUT2D eigenvalue weighted by atomic mass is 32.2. The Kier molecular flexibility index (Phi) is 5.63. The summed E-state index contributed by atoms with van der Waals surface area (Å²) in [6, 6.07) is 3.97. The Labute approximate surface area is 132 Å². The highest BCUT2D eigenvalue weighted by molar-refractivity contribution is 7.98. The smallest absolute Gasteiger partial charge is 0.321 e. The van der Waals surface area contributed by atoms with Crippen LogP contribution in [-0.4, -0.2) is 32.3 Å². The first-order chi connectivity index (χ1) is 10.1. The van der Waals surface area contributed by atoms with Gasteiger partial charge in [-0.25, -0.2) is 4.79 Å². The monoisotopic (exact) mass is 325 g/mol. The van der Waals surface area contributed by atoms with Crippen molar-refractivity contribution in [2.24, 2.45) is 7.05 Å². The van der Waals surface area contributed by atoms with Gasteiger partial charge in [-0.3, -0.25) is 5.32 Å². The van der Waals surface area contributed by atoms with Gasteiger partial charge in [-0.15, -0.1) is 0 Å². The van der Waals surface area contributed by atoms with Crippen LogP contribution in [0, 0.1) is 0 Å². The van der Waals surface area contributed by atoms with Crippen molar-refractivity contribution >= 4 is 34.5 Å². The number of thioether (sulfide) groups is 1. The minimum atomic E-state index is -0.238. The molecule has 0 unspecified atom stereocenters. The Hall–Kier alpha value is -1.54. The van der Waals surface area contributed by atoms with Crippen LogP contribution in [0.4, 0.5) is 9.93 Å². The van der Waals surface area contributed by atoms with Crippen LogP contribution in [0.1, 0.15) is 19.0 Å². The fraction of sp³-hybridized carbons (Fsp3) is 0.462. The lowest BCUT2D eigenvalue weighted by atomic mass is 10.1. The number of urea groups is 1. The number of nitrogens with one attached hydrogen (secondary N) is 2. The Morgan fingerprint density at radius 1 is 1.57 bits per heavy atom. The summed E-state index contributed by atoms with van der Waals surface area (Å²) in [5.74, 6) is 0. The minimum absolute atomic E-state index is 0.0906. The molecule has 0 bridgehead atoms. The number of amides is 2. The first kappa shape index (κ1) is 15.8. The molecule has 0 aromatic carbocycles. The first-order valence-corrected chi connectivity index (χ1v) is 8.63. The van der Waals surface area contributed by atoms with E-state index in [0.717, 1.165) is 12.8 Å². The molecule has 6 nitrogen and oxygen atoms in total. The molecule has 2 aromatic heterocycles. The maximum atomic E-state index is 11.9. The number of carbonyl (C=O) groups excluding carboxylic acids is 1. The normalized spacial score (nSPS) is 12.1. The van der Waals surface area contributed by atoms with Crippen molar-refractivity contribution < 1.29 is 4.79 Å². The minimum Gasteiger partial charge on any atom is -0.354 e. The third-order valence-corrected chi connectivity index (χ3v) is 4.37. The van der Waals surface area contributed by atoms with Crippen LogP contribution in [-0.2, 0) is 13.5 Å². The van der Waals surface area contributed by atoms with Gasteiger partial charge in [0, 0.05) is 36.5 Å². The third kappa shape index (κ3) is 4.75. The van der Waals surface area contributed by atoms with Crippen LogP contribution in [0.3, 0.4) is 0 Å². The molecule has 2 heterocycles. The van der Waals surface area contributed by atoms with Gasteiger partial charge in [0.05, 0.1) is 0 Å². The average molecular weight is 325 g/mol. The summed E-state index contributed by atoms with van der Waals surface area (Å²) >= 11 is 2.64. The zero-order valence-electron chi connectivity index (χ0n) is 12.3. The van der Waals surface area contributed by atoms with E-state index < -0.39 is 0 Å². The number of aryl methyl sites for hydroxylation is 2. The summed E-state index contributed by atoms with van der Waals surface area (Å²) in [7, 11) is 2.03. The van der Waals surface area contributed by atoms with E-state index in [1.807, 2.05) is 32.5 Å². The molecule has 2 rings (SSSR count). The van der Waals surface area contributed by atoms with Gasteiger partial charge in [-0.1, -0.05) is 11.8 Å². The van der Waals surface area contributed by atoms with Gasteiger partial charge in [0.25, 0.3) is 0 Å². The van der Waals surface area contributed by atoms with E-state index in [9.17, 15) is 4.79 Å². The SMILES string of the molecule is CSc1nsc(NC(=O)N[C@H](C)CCc2cccn2C)n1. The van der Waals surface area contributed by atoms with E-state index in [2.05, 4.69) is 30.6 Å². The van der Waals surface area contributed by atoms with Crippen molar-refractivity contribution in [1.82, 2.24) is 19.2 Å². The number of anilines is 1. The molecule has 0 saturated heterocycles. The second-order valence-corrected chi connectivity index (χ2v) is 6.26. The summed E-state index contributed by atoms with van der Waals surface area (Å²) in [6.45, 7) is 2.00. The van der Waals surface area contributed by atoms with Gasteiger partial charge in [-0.2, -0.15) is 9.36 Å². The molecular formula is C13H19N5OS2. The van der Waals surface area contributed by atoms with Gasteiger partial charge >= 0.3 is 6.03 Å². The van der Waals surface area contributed by atoms with Crippen molar-refractivity contribution in [1.29, 1.82) is 0 Å². The number of carbonyl (C=O) groups is 1. The number of hydrogen-bond donors (Lipinski definition) is 2. The molecule has 0 aliphatic carbocycles. The predicted molar refractivity (Wildman–Crippen MR) is 87.0 cm³/mol. The summed E-state index contributed by atoms with van der Waals surface area (Å²) in [4.78, 5) is 16.0. The molecule has 2 aromatic rings. The molecule has 0 saturated carbocycles. The Balaban J connectivity index is 1.75. The van der Waals surface area contributed by atoms with Crippen molar-refractivity contribution in [3.8, 4) is 0 Å². The molecular weight excluding hydrogens is 306 g/mol. The van der Waals surface area contributed by atoms with Gasteiger partial charge in [0.15, 0.2) is 0 Å². The molecule has 0 spiro atoms. The fourth-order valence-electron chi connectivity index (χ4n) is 1.89. The Morgan fingerprint density at radius 2 is 2.38 bits per heavy atom. The van der Waals surface area contributed by atoms with E-state index in [-0.39, 0.29) is 12.1 Å². The third-order valence-electron chi connectivity index (χ3n) is 3.07. The molecule has 21 heavy (non-hydrogen) atoms. The van der Waals surface area contributed by atoms with Crippen LogP contribution in [0.5, 0.6) is 0 Å². The predicted octanol–water partition coefficient (Wildman–Crippen LogP) is 2.74. The van der Waals surface area contributed by atoms with Crippen LogP contribution in [0.25, 0.3) is 0 Å². The molecule has 0 radical (unpaired) electrons. The standard InChI is InChI=1S/C13H19N5OS2/c1-9(6-7-10-5-4-8-18(10)2)14-11(19)15-12-16-13(20-3)17-21-12/h4-5,8-9H,6-7H2,1-3H3,(H2,14,15,16,17,19)/t9-/m1/s1. The van der Waals surface area contributed by atoms with E-state index in [0.29, 0.717) is 10.3 Å². The molecule has 1 atom stereocenters. The van der Waals surface area contributed by atoms with Crippen LogP contribution in [0.2, 0.25) is 0 Å². The highest BCUT2D eigenvalue weighted by Crippen LogP contribution is 2.17. The molecule has 2 amide bonds. The van der Waals surface area contributed by atoms with Crippen molar-refractivity contribution in [2.75, 3.05) is 11.6 Å². The lowest BCUT2D eigenvalue weighted by molar-refractivity contribution is 0.248. The molecule has 0 aliphatic rings. The molecule has 8 heteroatoms. The van der Waals surface area contributed by atoms with Crippen LogP contribution in [0.15, 0.2) is 23.5 Å². The van der Waals surface area contributed by atoms with Crippen LogP contribution >= 0.6 is 23.3 Å². The van der Waals surface area contributed by atoms with Crippen LogP contribution < -0.4 is 10.6 Å². The van der Waals surface area contributed by atoms with E-state index >= 15 is 0 Å². The van der Waals surface area contributed by atoms with Crippen molar-refractivity contribution in [3.63, 3.8) is 0 Å². The summed E-state index contributed by atoms with van der Waals surface area (Å²) in [5, 5.41) is 6.81. The van der Waals surface area contributed by atoms with E-state index in [4.69, 9.17) is 0 Å². The number of nitrogens with zero attached hydrogens (tertiary/aromatic N) is 3. The molecule has 0 fully saturated rings. The molecule has 114 valence electrons. The van der Waals surface area contributed by atoms with Crippen molar-refractivity contribution in [2.45, 2.75) is 31.0 Å². The van der Waals surface area contributed by atoms with Gasteiger partial charge in [0.2, 0.25) is 10.3 Å². The Morgan fingerprint density at radius 3 is 3.00 bits per heavy atom. The maximum absolute atomic E-state index is 11.9. The summed E-state index contributed by atoms with van der Waals surface area (Å²) in [6.07, 6.45) is 5.74. The number of hydrogen-bond acceptors (Lipinski definition) is 5. The largest absolute Gasteiger partial charge is 0.354 e. The fourth-order valence-corrected chi connectivity index (χ4v) is 3.01. The topological polar surface area (TPSA) is 71.8 Å².